The maximum Gasteiger partial charge on any atom is 0.472 e. The lowest BCUT2D eigenvalue weighted by atomic mass is 10.1. The molecule has 0 bridgehead atoms. The number of phosphoric ester groups is 2. The molecule has 0 aromatic carbocycles. The first kappa shape index (κ1) is 94.0. The minimum absolute atomic E-state index is 0.0764. The number of esters is 4. The summed E-state index contributed by atoms with van der Waals surface area (Å²) < 4.78 is 68.4. The van der Waals surface area contributed by atoms with Gasteiger partial charge in [0.1, 0.15) is 19.3 Å². The quantitative estimate of drug-likeness (QED) is 0.0169. The summed E-state index contributed by atoms with van der Waals surface area (Å²) >= 11 is 0. The average molecular weight is 1420 g/mol. The van der Waals surface area contributed by atoms with E-state index in [0.29, 0.717) is 25.7 Å². The molecule has 3 N–H and O–H groups in total. The van der Waals surface area contributed by atoms with Crippen LogP contribution in [0.25, 0.3) is 0 Å². The normalized spacial score (nSPS) is 14.5. The second kappa shape index (κ2) is 71.4. The Bertz CT molecular complexity index is 2240. The average Bonchev–Trinajstić information content (AvgIpc) is 0.986. The zero-order valence-corrected chi connectivity index (χ0v) is 63.5. The van der Waals surface area contributed by atoms with Gasteiger partial charge in [0.2, 0.25) is 0 Å². The van der Waals surface area contributed by atoms with Crippen molar-refractivity contribution in [2.24, 2.45) is 0 Å². The van der Waals surface area contributed by atoms with Crippen molar-refractivity contribution >= 4 is 39.5 Å². The molecule has 0 radical (unpaired) electrons. The van der Waals surface area contributed by atoms with E-state index in [9.17, 15) is 43.2 Å². The van der Waals surface area contributed by atoms with Crippen LogP contribution in [0.4, 0.5) is 0 Å². The number of ether oxygens (including phenoxy) is 4. The number of aliphatic hydroxyl groups is 1. The highest BCUT2D eigenvalue weighted by Crippen LogP contribution is 2.45. The maximum absolute atomic E-state index is 13.1. The van der Waals surface area contributed by atoms with Gasteiger partial charge >= 0.3 is 39.5 Å². The lowest BCUT2D eigenvalue weighted by Crippen LogP contribution is -2.30. The van der Waals surface area contributed by atoms with Gasteiger partial charge in [0, 0.05) is 25.7 Å². The van der Waals surface area contributed by atoms with Gasteiger partial charge in [0.05, 0.1) is 26.4 Å². The monoisotopic (exact) mass is 1420 g/mol. The smallest absolute Gasteiger partial charge is 0.462 e. The lowest BCUT2D eigenvalue weighted by molar-refractivity contribution is -0.161. The van der Waals surface area contributed by atoms with Crippen molar-refractivity contribution in [3.8, 4) is 0 Å². The second-order valence-corrected chi connectivity index (χ2v) is 28.5. The fourth-order valence-corrected chi connectivity index (χ4v) is 11.7. The molecular formula is C79H138O17P2. The zero-order chi connectivity index (χ0) is 71.8. The second-order valence-electron chi connectivity index (χ2n) is 25.6. The van der Waals surface area contributed by atoms with E-state index in [1.807, 2.05) is 0 Å². The number of aliphatic hydroxyl groups excluding tert-OH is 1. The molecule has 566 valence electrons. The first-order valence-corrected chi connectivity index (χ1v) is 41.5. The topological polar surface area (TPSA) is 237 Å². The number of hydrogen-bond acceptors (Lipinski definition) is 15. The van der Waals surface area contributed by atoms with Crippen molar-refractivity contribution in [1.82, 2.24) is 0 Å². The highest BCUT2D eigenvalue weighted by molar-refractivity contribution is 7.47. The molecule has 19 heteroatoms. The maximum atomic E-state index is 13.1. The molecule has 0 aliphatic rings. The SMILES string of the molecule is CC/C=C\C/C=C\C/C=C\CCCCCCCCCC(=O)OCC(COP(=O)(O)OCC(O)COP(=O)(O)OCC(COC(=O)CCCCCCC/C=C\C/C=C\CCCCC)OC(=O)CCCCCCC/C=C\CCCC)OC(=O)CCCCCCC/C=C\C/C=C\CCCCC. The van der Waals surface area contributed by atoms with Gasteiger partial charge in [-0.25, -0.2) is 9.13 Å². The fourth-order valence-electron chi connectivity index (χ4n) is 10.1. The van der Waals surface area contributed by atoms with Crippen LogP contribution in [0.2, 0.25) is 0 Å². The minimum atomic E-state index is -4.98. The number of rotatable bonds is 72. The molecule has 0 aromatic rings. The minimum Gasteiger partial charge on any atom is -0.462 e. The Kier molecular flexibility index (Phi) is 68.4. The van der Waals surface area contributed by atoms with Gasteiger partial charge in [-0.1, -0.05) is 253 Å². The van der Waals surface area contributed by atoms with E-state index in [2.05, 4.69) is 125 Å². The van der Waals surface area contributed by atoms with Gasteiger partial charge in [-0.3, -0.25) is 37.3 Å². The molecule has 17 nitrogen and oxygen atoms in total. The molecule has 5 atom stereocenters. The summed E-state index contributed by atoms with van der Waals surface area (Å²) in [6, 6.07) is 0. The molecule has 5 unspecified atom stereocenters. The van der Waals surface area contributed by atoms with Crippen LogP contribution in [-0.4, -0.2) is 96.7 Å². The standard InChI is InChI=1S/C79H138O17P2/c1-5-9-13-17-21-25-29-32-35-36-39-41-45-48-52-56-60-64-77(82)90-70-75(96-79(84)66-62-58-54-50-46-42-38-34-31-27-23-19-15-11-7-3)72-94-98(87,88)92-68-73(80)67-91-97(85,86)93-71-74(95-78(83)65-61-57-53-49-43-28-24-20-16-12-8-4)69-89-76(81)63-59-55-51-47-44-40-37-33-30-26-22-18-14-10-6-2/h9,13,20-27,32-35,37-38,73-75,80H,5-8,10-12,14-19,28-31,36,39-72H2,1-4H3,(H,85,86)(H,87,88)/b13-9-,24-20-,25-21-,26-22-,27-23-,35-32-,37-33-,38-34-. The first-order chi connectivity index (χ1) is 47.7. The van der Waals surface area contributed by atoms with E-state index in [0.717, 1.165) is 193 Å². The Hall–Kier alpha value is -4.02. The molecule has 0 aliphatic carbocycles. The van der Waals surface area contributed by atoms with E-state index in [-0.39, 0.29) is 25.7 Å². The van der Waals surface area contributed by atoms with Gasteiger partial charge < -0.3 is 33.8 Å². The third kappa shape index (κ3) is 70.4. The Morgan fingerprint density at radius 2 is 0.541 bits per heavy atom. The van der Waals surface area contributed by atoms with Crippen molar-refractivity contribution in [2.75, 3.05) is 39.6 Å². The van der Waals surface area contributed by atoms with Gasteiger partial charge in [-0.2, -0.15) is 0 Å². The molecule has 0 spiro atoms. The number of allylic oxidation sites excluding steroid dienone is 16. The largest absolute Gasteiger partial charge is 0.472 e. The zero-order valence-electron chi connectivity index (χ0n) is 61.7. The van der Waals surface area contributed by atoms with Crippen molar-refractivity contribution in [3.05, 3.63) is 97.2 Å². The molecule has 0 aliphatic heterocycles. The van der Waals surface area contributed by atoms with Crippen molar-refractivity contribution in [2.45, 2.75) is 341 Å². The van der Waals surface area contributed by atoms with Crippen molar-refractivity contribution in [3.63, 3.8) is 0 Å². The number of hydrogen-bond donors (Lipinski definition) is 3. The fraction of sp³-hybridized carbons (Fsp3) is 0.747. The Morgan fingerprint density at radius 3 is 0.857 bits per heavy atom. The van der Waals surface area contributed by atoms with Crippen LogP contribution in [0, 0.1) is 0 Å². The van der Waals surface area contributed by atoms with E-state index < -0.39 is 97.5 Å². The molecular weight excluding hydrogens is 1280 g/mol. The predicted molar refractivity (Wildman–Crippen MR) is 399 cm³/mol. The summed E-state index contributed by atoms with van der Waals surface area (Å²) in [5.74, 6) is -2.21. The van der Waals surface area contributed by atoms with Crippen molar-refractivity contribution in [1.29, 1.82) is 0 Å². The van der Waals surface area contributed by atoms with Crippen LogP contribution in [0.1, 0.15) is 323 Å². The summed E-state index contributed by atoms with van der Waals surface area (Å²) in [6.07, 6.45) is 73.9. The summed E-state index contributed by atoms with van der Waals surface area (Å²) in [4.78, 5) is 72.8. The molecule has 0 amide bonds. The van der Waals surface area contributed by atoms with Gasteiger partial charge in [0.25, 0.3) is 0 Å². The van der Waals surface area contributed by atoms with Gasteiger partial charge in [-0.15, -0.1) is 0 Å². The number of unbranched alkanes of at least 4 members (excludes halogenated alkanes) is 30. The van der Waals surface area contributed by atoms with Crippen LogP contribution >= 0.6 is 15.6 Å². The van der Waals surface area contributed by atoms with E-state index >= 15 is 0 Å². The summed E-state index contributed by atoms with van der Waals surface area (Å²) in [5, 5.41) is 10.6. The van der Waals surface area contributed by atoms with Crippen LogP contribution in [0.5, 0.6) is 0 Å². The Balaban J connectivity index is 5.35. The predicted octanol–water partition coefficient (Wildman–Crippen LogP) is 22.0. The molecule has 0 heterocycles. The van der Waals surface area contributed by atoms with E-state index in [4.69, 9.17) is 37.0 Å². The van der Waals surface area contributed by atoms with Crippen molar-refractivity contribution < 1.29 is 80.2 Å². The number of carbonyl (C=O) groups is 4. The van der Waals surface area contributed by atoms with Gasteiger partial charge in [0.15, 0.2) is 12.2 Å². The third-order valence-corrected chi connectivity index (χ3v) is 17.9. The molecule has 0 aromatic heterocycles. The summed E-state index contributed by atoms with van der Waals surface area (Å²) in [6.45, 7) is 4.64. The number of phosphoric acid groups is 2. The molecule has 0 fully saturated rings. The van der Waals surface area contributed by atoms with Crippen LogP contribution in [-0.2, 0) is 65.4 Å². The van der Waals surface area contributed by atoms with Crippen LogP contribution in [0.15, 0.2) is 97.2 Å². The van der Waals surface area contributed by atoms with E-state index in [1.165, 1.54) is 51.4 Å². The first-order valence-electron chi connectivity index (χ1n) is 38.5. The molecule has 0 saturated heterocycles. The highest BCUT2D eigenvalue weighted by atomic mass is 31.2. The summed E-state index contributed by atoms with van der Waals surface area (Å²) in [7, 11) is -9.96. The molecule has 98 heavy (non-hydrogen) atoms. The number of carbonyl (C=O) groups excluding carboxylic acids is 4. The van der Waals surface area contributed by atoms with E-state index in [1.54, 1.807) is 0 Å². The summed E-state index contributed by atoms with van der Waals surface area (Å²) in [5.41, 5.74) is 0. The Morgan fingerprint density at radius 1 is 0.296 bits per heavy atom. The third-order valence-electron chi connectivity index (χ3n) is 16.0. The molecule has 0 saturated carbocycles. The lowest BCUT2D eigenvalue weighted by Gasteiger charge is -2.21. The van der Waals surface area contributed by atoms with Gasteiger partial charge in [-0.05, 0) is 141 Å². The molecule has 0 rings (SSSR count). The highest BCUT2D eigenvalue weighted by Gasteiger charge is 2.30. The van der Waals surface area contributed by atoms with Crippen LogP contribution < -0.4 is 0 Å². The Labute approximate surface area is 595 Å². The van der Waals surface area contributed by atoms with Crippen LogP contribution in [0.3, 0.4) is 0 Å².